The summed E-state index contributed by atoms with van der Waals surface area (Å²) in [5.74, 6) is -3.09. The summed E-state index contributed by atoms with van der Waals surface area (Å²) in [6.45, 7) is 5.07. The number of nitrogens with one attached hydrogen (secondary N) is 1. The monoisotopic (exact) mass is 375 g/mol. The Bertz CT molecular complexity index is 700. The molecular formula is C16H22ClNO5S. The van der Waals surface area contributed by atoms with Crippen LogP contribution < -0.4 is 5.32 Å². The molecule has 0 heterocycles. The number of sulfone groups is 1. The average Bonchev–Trinajstić information content (AvgIpc) is 2.43. The number of carboxylic acids is 1. The zero-order chi connectivity index (χ0) is 18.5. The Morgan fingerprint density at radius 3 is 2.21 bits per heavy atom. The van der Waals surface area contributed by atoms with Gasteiger partial charge in [-0.1, -0.05) is 44.5 Å². The Morgan fingerprint density at radius 1 is 1.25 bits per heavy atom. The Labute approximate surface area is 147 Å². The molecule has 0 aromatic heterocycles. The first-order chi connectivity index (χ1) is 11.0. The van der Waals surface area contributed by atoms with Gasteiger partial charge in [-0.15, -0.1) is 0 Å². The van der Waals surface area contributed by atoms with Crippen LogP contribution >= 0.6 is 11.6 Å². The van der Waals surface area contributed by atoms with E-state index in [1.54, 1.807) is 20.8 Å². The summed E-state index contributed by atoms with van der Waals surface area (Å²) >= 11 is 5.81. The van der Waals surface area contributed by atoms with E-state index in [1.807, 2.05) is 0 Å². The number of carbonyl (C=O) groups excluding carboxylic acids is 1. The van der Waals surface area contributed by atoms with Crippen LogP contribution in [0.2, 0.25) is 5.02 Å². The number of carbonyl (C=O) groups is 2. The maximum Gasteiger partial charge on any atom is 0.334 e. The van der Waals surface area contributed by atoms with Crippen molar-refractivity contribution in [1.82, 2.24) is 5.32 Å². The van der Waals surface area contributed by atoms with Gasteiger partial charge in [0, 0.05) is 5.02 Å². The van der Waals surface area contributed by atoms with Gasteiger partial charge in [0.2, 0.25) is 5.91 Å². The van der Waals surface area contributed by atoms with E-state index < -0.39 is 33.0 Å². The predicted molar refractivity (Wildman–Crippen MR) is 92.7 cm³/mol. The maximum atomic E-state index is 12.2. The molecule has 0 fully saturated rings. The summed E-state index contributed by atoms with van der Waals surface area (Å²) < 4.78 is 23.9. The molecule has 8 heteroatoms. The number of halogens is 1. The third-order valence-corrected chi connectivity index (χ3v) is 5.65. The molecule has 0 radical (unpaired) electrons. The fourth-order valence-electron chi connectivity index (χ4n) is 2.47. The molecule has 1 aromatic rings. The smallest absolute Gasteiger partial charge is 0.334 e. The highest BCUT2D eigenvalue weighted by Gasteiger charge is 2.40. The van der Waals surface area contributed by atoms with Gasteiger partial charge in [-0.05, 0) is 30.0 Å². The second-order valence-electron chi connectivity index (χ2n) is 6.07. The fraction of sp³-hybridized carbons (Fsp3) is 0.500. The Hall–Kier alpha value is -1.60. The predicted octanol–water partition coefficient (Wildman–Crippen LogP) is 2.22. The van der Waals surface area contributed by atoms with Crippen LogP contribution in [0.3, 0.4) is 0 Å². The summed E-state index contributed by atoms with van der Waals surface area (Å²) in [6.07, 6.45) is 0.0555. The lowest BCUT2D eigenvalue weighted by atomic mass is 9.87. The molecule has 0 saturated heterocycles. The van der Waals surface area contributed by atoms with Crippen LogP contribution in [0.15, 0.2) is 24.3 Å². The van der Waals surface area contributed by atoms with Gasteiger partial charge in [0.1, 0.15) is 5.75 Å². The first kappa shape index (κ1) is 20.4. The minimum absolute atomic E-state index is 0.0555. The van der Waals surface area contributed by atoms with E-state index in [4.69, 9.17) is 11.6 Å². The van der Waals surface area contributed by atoms with Crippen LogP contribution in [-0.2, 0) is 25.0 Å². The number of carboxylic acid groups (broad SMARTS) is 1. The first-order valence-corrected chi connectivity index (χ1v) is 9.73. The van der Waals surface area contributed by atoms with Gasteiger partial charge in [0.15, 0.2) is 15.4 Å². The number of benzene rings is 1. The van der Waals surface area contributed by atoms with Crippen LogP contribution in [0.25, 0.3) is 0 Å². The molecule has 6 nitrogen and oxygen atoms in total. The zero-order valence-electron chi connectivity index (χ0n) is 13.9. The SMILES string of the molecule is CCC(NC(=O)CS(=O)(=O)CC(C)C)(C(=O)O)c1ccc(Cl)cc1. The third-order valence-electron chi connectivity index (χ3n) is 3.52. The first-order valence-electron chi connectivity index (χ1n) is 7.53. The summed E-state index contributed by atoms with van der Waals surface area (Å²) in [4.78, 5) is 24.0. The lowest BCUT2D eigenvalue weighted by Gasteiger charge is -2.30. The van der Waals surface area contributed by atoms with Gasteiger partial charge in [0.05, 0.1) is 5.75 Å². The van der Waals surface area contributed by atoms with Crippen molar-refractivity contribution in [3.8, 4) is 0 Å². The second-order valence-corrected chi connectivity index (χ2v) is 8.61. The van der Waals surface area contributed by atoms with E-state index in [1.165, 1.54) is 24.3 Å². The standard InChI is InChI=1S/C16H22ClNO5S/c1-4-16(15(20)21,12-5-7-13(17)8-6-12)18-14(19)10-24(22,23)9-11(2)3/h5-8,11H,4,9-10H2,1-3H3,(H,18,19)(H,20,21). The van der Waals surface area contributed by atoms with Crippen LogP contribution in [-0.4, -0.2) is 36.9 Å². The molecule has 0 aliphatic heterocycles. The topological polar surface area (TPSA) is 101 Å². The lowest BCUT2D eigenvalue weighted by Crippen LogP contribution is -2.53. The molecule has 2 N–H and O–H groups in total. The van der Waals surface area contributed by atoms with E-state index >= 15 is 0 Å². The molecule has 1 rings (SSSR count). The minimum Gasteiger partial charge on any atom is -0.479 e. The molecular weight excluding hydrogens is 354 g/mol. The van der Waals surface area contributed by atoms with Crippen molar-refractivity contribution < 1.29 is 23.1 Å². The molecule has 0 aliphatic rings. The Morgan fingerprint density at radius 2 is 1.79 bits per heavy atom. The van der Waals surface area contributed by atoms with Crippen LogP contribution in [0, 0.1) is 5.92 Å². The molecule has 0 aliphatic carbocycles. The van der Waals surface area contributed by atoms with Crippen LogP contribution in [0.5, 0.6) is 0 Å². The maximum absolute atomic E-state index is 12.2. The average molecular weight is 376 g/mol. The molecule has 1 atom stereocenters. The molecule has 134 valence electrons. The van der Waals surface area contributed by atoms with E-state index in [9.17, 15) is 23.1 Å². The Balaban J connectivity index is 3.09. The van der Waals surface area contributed by atoms with E-state index in [2.05, 4.69) is 5.32 Å². The van der Waals surface area contributed by atoms with Gasteiger partial charge >= 0.3 is 5.97 Å². The van der Waals surface area contributed by atoms with Crippen LogP contribution in [0.1, 0.15) is 32.8 Å². The Kier molecular flexibility index (Phi) is 6.80. The molecule has 0 spiro atoms. The number of hydrogen-bond acceptors (Lipinski definition) is 4. The van der Waals surface area contributed by atoms with Gasteiger partial charge in [-0.25, -0.2) is 13.2 Å². The highest BCUT2D eigenvalue weighted by molar-refractivity contribution is 7.92. The lowest BCUT2D eigenvalue weighted by molar-refractivity contribution is -0.148. The quantitative estimate of drug-likeness (QED) is 0.725. The van der Waals surface area contributed by atoms with Crippen molar-refractivity contribution in [2.75, 3.05) is 11.5 Å². The van der Waals surface area contributed by atoms with E-state index in [-0.39, 0.29) is 18.1 Å². The van der Waals surface area contributed by atoms with Gasteiger partial charge in [-0.3, -0.25) is 4.79 Å². The van der Waals surface area contributed by atoms with Gasteiger partial charge in [0.25, 0.3) is 0 Å². The van der Waals surface area contributed by atoms with Crippen molar-refractivity contribution >= 4 is 33.3 Å². The molecule has 0 bridgehead atoms. The molecule has 1 aromatic carbocycles. The van der Waals surface area contributed by atoms with Gasteiger partial charge < -0.3 is 10.4 Å². The van der Waals surface area contributed by atoms with Crippen molar-refractivity contribution in [3.05, 3.63) is 34.9 Å². The zero-order valence-corrected chi connectivity index (χ0v) is 15.4. The van der Waals surface area contributed by atoms with E-state index in [0.29, 0.717) is 10.6 Å². The van der Waals surface area contributed by atoms with Crippen molar-refractivity contribution in [3.63, 3.8) is 0 Å². The third kappa shape index (κ3) is 5.21. The van der Waals surface area contributed by atoms with Gasteiger partial charge in [-0.2, -0.15) is 0 Å². The molecule has 1 amide bonds. The van der Waals surface area contributed by atoms with Crippen molar-refractivity contribution in [2.24, 2.45) is 5.92 Å². The van der Waals surface area contributed by atoms with E-state index in [0.717, 1.165) is 0 Å². The number of hydrogen-bond donors (Lipinski definition) is 2. The number of amides is 1. The summed E-state index contributed by atoms with van der Waals surface area (Å²) in [7, 11) is -3.60. The summed E-state index contributed by atoms with van der Waals surface area (Å²) in [5, 5.41) is 12.5. The fourth-order valence-corrected chi connectivity index (χ4v) is 4.20. The van der Waals surface area contributed by atoms with Crippen LogP contribution in [0.4, 0.5) is 0 Å². The second kappa shape index (κ2) is 7.98. The number of rotatable bonds is 8. The van der Waals surface area contributed by atoms with Crippen molar-refractivity contribution in [1.29, 1.82) is 0 Å². The summed E-state index contributed by atoms with van der Waals surface area (Å²) in [5.41, 5.74) is -1.37. The molecule has 24 heavy (non-hydrogen) atoms. The normalized spacial score (nSPS) is 14.2. The highest BCUT2D eigenvalue weighted by Crippen LogP contribution is 2.27. The summed E-state index contributed by atoms with van der Waals surface area (Å²) in [6, 6.07) is 6.05. The number of aliphatic carboxylic acids is 1. The largest absolute Gasteiger partial charge is 0.479 e. The highest BCUT2D eigenvalue weighted by atomic mass is 35.5. The molecule has 0 saturated carbocycles. The van der Waals surface area contributed by atoms with Crippen molar-refractivity contribution in [2.45, 2.75) is 32.7 Å². The minimum atomic E-state index is -3.60. The molecule has 1 unspecified atom stereocenters.